The maximum absolute atomic E-state index is 13.0. The average molecular weight is 654 g/mol. The first-order valence-corrected chi connectivity index (χ1v) is 15.0. The number of rotatable bonds is 6. The van der Waals surface area contributed by atoms with Crippen molar-refractivity contribution < 1.29 is 32.4 Å². The highest BCUT2D eigenvalue weighted by Gasteiger charge is 2.72. The van der Waals surface area contributed by atoms with E-state index in [0.717, 1.165) is 16.0 Å². The second kappa shape index (κ2) is 10.3. The van der Waals surface area contributed by atoms with E-state index in [2.05, 4.69) is 21.0 Å². The van der Waals surface area contributed by atoms with Crippen LogP contribution in [0.25, 0.3) is 27.7 Å². The zero-order valence-electron chi connectivity index (χ0n) is 24.7. The summed E-state index contributed by atoms with van der Waals surface area (Å²) in [5.74, 6) is -3.17. The van der Waals surface area contributed by atoms with Crippen molar-refractivity contribution in [2.45, 2.75) is 46.0 Å². The van der Waals surface area contributed by atoms with E-state index in [1.54, 1.807) is 22.8 Å². The second-order valence-electron chi connectivity index (χ2n) is 12.9. The highest BCUT2D eigenvalue weighted by atomic mass is 35.5. The molecule has 0 N–H and O–H groups in total. The Morgan fingerprint density at radius 2 is 1.85 bits per heavy atom. The molecule has 3 aliphatic rings. The Morgan fingerprint density at radius 3 is 2.50 bits per heavy atom. The number of amides is 2. The summed E-state index contributed by atoms with van der Waals surface area (Å²) < 4.78 is 41.6. The van der Waals surface area contributed by atoms with Gasteiger partial charge < -0.3 is 9.40 Å². The molecular formula is C31H27ClF3N7O4. The molecule has 3 aromatic heterocycles. The van der Waals surface area contributed by atoms with Gasteiger partial charge >= 0.3 is 12.1 Å². The molecule has 238 valence electrons. The molecule has 2 saturated heterocycles. The van der Waals surface area contributed by atoms with Crippen molar-refractivity contribution in [1.29, 1.82) is 5.26 Å². The normalized spacial score (nSPS) is 22.3. The smallest absolute Gasteiger partial charge is 0.361 e. The standard InChI is InChI=1S/C31H27ClF3N7O4/c1-29(2)22-23(29)27(44)41(26(22)43)12-17-9-21-24(37-16-38-42(21)13-17)20-11-19(32)10-18-3-6-39(25(18)20)15-30(14-36)4-7-40(8-5-30)46-28(45)31(33,34)35/h3,6,9-11,13,16,22-23H,4-5,7-8,12,15H2,1-2H3. The van der Waals surface area contributed by atoms with E-state index < -0.39 is 17.6 Å². The lowest BCUT2D eigenvalue weighted by Gasteiger charge is -2.36. The van der Waals surface area contributed by atoms with Gasteiger partial charge in [-0.15, -0.1) is 5.06 Å². The van der Waals surface area contributed by atoms with Crippen LogP contribution in [0.1, 0.15) is 32.3 Å². The molecule has 2 unspecified atom stereocenters. The van der Waals surface area contributed by atoms with Crippen LogP contribution in [0.2, 0.25) is 5.02 Å². The summed E-state index contributed by atoms with van der Waals surface area (Å²) in [5.41, 5.74) is 2.01. The fourth-order valence-electron chi connectivity index (χ4n) is 7.05. The summed E-state index contributed by atoms with van der Waals surface area (Å²) in [4.78, 5) is 47.6. The number of aromatic nitrogens is 4. The molecule has 0 radical (unpaired) electrons. The summed E-state index contributed by atoms with van der Waals surface area (Å²) in [6.45, 7) is 4.13. The molecule has 46 heavy (non-hydrogen) atoms. The van der Waals surface area contributed by atoms with Gasteiger partial charge in [-0.05, 0) is 48.1 Å². The van der Waals surface area contributed by atoms with Gasteiger partial charge in [0.15, 0.2) is 0 Å². The Bertz CT molecular complexity index is 1960. The number of hydroxylamine groups is 2. The second-order valence-corrected chi connectivity index (χ2v) is 13.3. The molecule has 7 rings (SSSR count). The van der Waals surface area contributed by atoms with Gasteiger partial charge in [-0.25, -0.2) is 14.3 Å². The van der Waals surface area contributed by atoms with Gasteiger partial charge in [0.2, 0.25) is 11.8 Å². The predicted molar refractivity (Wildman–Crippen MR) is 156 cm³/mol. The lowest BCUT2D eigenvalue weighted by Crippen LogP contribution is -2.44. The summed E-state index contributed by atoms with van der Waals surface area (Å²) in [6.07, 6.45) is 0.192. The van der Waals surface area contributed by atoms with Crippen molar-refractivity contribution >= 4 is 45.8 Å². The molecule has 0 bridgehead atoms. The van der Waals surface area contributed by atoms with Crippen molar-refractivity contribution in [1.82, 2.24) is 29.1 Å². The maximum Gasteiger partial charge on any atom is 0.492 e. The van der Waals surface area contributed by atoms with Crippen molar-refractivity contribution in [3.63, 3.8) is 0 Å². The molecule has 15 heteroatoms. The Balaban J connectivity index is 1.19. The molecule has 4 aromatic rings. The van der Waals surface area contributed by atoms with Gasteiger partial charge in [-0.2, -0.15) is 23.5 Å². The minimum absolute atomic E-state index is 0.0340. The molecule has 2 atom stereocenters. The van der Waals surface area contributed by atoms with E-state index >= 15 is 0 Å². The van der Waals surface area contributed by atoms with E-state index in [0.29, 0.717) is 27.4 Å². The quantitative estimate of drug-likeness (QED) is 0.273. The van der Waals surface area contributed by atoms with Crippen molar-refractivity contribution in [3.8, 4) is 17.3 Å². The maximum atomic E-state index is 13.0. The first kappa shape index (κ1) is 30.2. The first-order valence-electron chi connectivity index (χ1n) is 14.6. The number of hydrogen-bond acceptors (Lipinski definition) is 8. The van der Waals surface area contributed by atoms with Crippen molar-refractivity contribution in [2.24, 2.45) is 22.7 Å². The summed E-state index contributed by atoms with van der Waals surface area (Å²) in [6, 6.07) is 9.59. The molecular weight excluding hydrogens is 627 g/mol. The number of nitriles is 1. The third-order valence-corrected chi connectivity index (χ3v) is 9.83. The Kier molecular flexibility index (Phi) is 6.74. The number of alkyl halides is 3. The van der Waals surface area contributed by atoms with Crippen LogP contribution in [0.4, 0.5) is 13.2 Å². The van der Waals surface area contributed by atoms with Gasteiger partial charge in [0.25, 0.3) is 0 Å². The minimum Gasteiger partial charge on any atom is -0.361 e. The SMILES string of the molecule is CC1(C)C2C(=O)N(Cc3cc4c(-c5cc(Cl)cc6ccn(CC7(C#N)CCN(OC(=O)C(F)(F)F)CC7)c56)ncnn4c3)C(=O)C21. The van der Waals surface area contributed by atoms with Crippen molar-refractivity contribution in [3.05, 3.63) is 53.6 Å². The first-order chi connectivity index (χ1) is 21.7. The zero-order valence-corrected chi connectivity index (χ0v) is 25.5. The summed E-state index contributed by atoms with van der Waals surface area (Å²) >= 11 is 6.54. The monoisotopic (exact) mass is 653 g/mol. The number of hydrogen-bond donors (Lipinski definition) is 0. The highest BCUT2D eigenvalue weighted by molar-refractivity contribution is 6.32. The van der Waals surface area contributed by atoms with Crippen LogP contribution in [0.3, 0.4) is 0 Å². The van der Waals surface area contributed by atoms with E-state index in [9.17, 15) is 32.8 Å². The fourth-order valence-corrected chi connectivity index (χ4v) is 7.28. The Morgan fingerprint density at radius 1 is 1.15 bits per heavy atom. The number of likely N-dealkylation sites (tertiary alicyclic amines) is 1. The molecule has 1 aliphatic carbocycles. The number of halogens is 4. The predicted octanol–water partition coefficient (Wildman–Crippen LogP) is 4.77. The largest absolute Gasteiger partial charge is 0.492 e. The summed E-state index contributed by atoms with van der Waals surface area (Å²) in [7, 11) is 0. The minimum atomic E-state index is -5.11. The number of fused-ring (bicyclic) bond motifs is 3. The van der Waals surface area contributed by atoms with E-state index in [1.807, 2.05) is 36.7 Å². The van der Waals surface area contributed by atoms with Crippen LogP contribution in [-0.2, 0) is 32.3 Å². The molecule has 2 amide bonds. The Hall–Kier alpha value is -4.48. The molecule has 1 aromatic carbocycles. The number of nitrogens with zero attached hydrogens (tertiary/aromatic N) is 7. The van der Waals surface area contributed by atoms with Crippen LogP contribution in [0.15, 0.2) is 43.0 Å². The molecule has 2 aliphatic heterocycles. The van der Waals surface area contributed by atoms with Gasteiger partial charge in [0.1, 0.15) is 6.33 Å². The number of carbonyl (C=O) groups is 3. The van der Waals surface area contributed by atoms with Crippen LogP contribution in [0.5, 0.6) is 0 Å². The van der Waals surface area contributed by atoms with Crippen LogP contribution in [-0.4, -0.2) is 66.2 Å². The van der Waals surface area contributed by atoms with Gasteiger partial charge in [0, 0.05) is 48.0 Å². The molecule has 3 fully saturated rings. The van der Waals surface area contributed by atoms with Crippen LogP contribution in [0, 0.1) is 34.0 Å². The van der Waals surface area contributed by atoms with Crippen molar-refractivity contribution in [2.75, 3.05) is 13.1 Å². The molecule has 11 nitrogen and oxygen atoms in total. The Labute approximate surface area is 265 Å². The average Bonchev–Trinajstić information content (AvgIpc) is 3.34. The number of benzene rings is 1. The van der Waals surface area contributed by atoms with E-state index in [-0.39, 0.29) is 68.1 Å². The third kappa shape index (κ3) is 4.80. The van der Waals surface area contributed by atoms with Crippen LogP contribution < -0.4 is 0 Å². The third-order valence-electron chi connectivity index (χ3n) is 9.61. The lowest BCUT2D eigenvalue weighted by atomic mass is 9.80. The highest BCUT2D eigenvalue weighted by Crippen LogP contribution is 2.63. The molecule has 1 saturated carbocycles. The van der Waals surface area contributed by atoms with Gasteiger partial charge in [-0.1, -0.05) is 25.4 Å². The molecule has 5 heterocycles. The molecule has 0 spiro atoms. The van der Waals surface area contributed by atoms with E-state index in [4.69, 9.17) is 11.6 Å². The zero-order chi connectivity index (χ0) is 32.8. The summed E-state index contributed by atoms with van der Waals surface area (Å²) in [5, 5.41) is 16.7. The fraction of sp³-hybridized carbons (Fsp3) is 0.419. The van der Waals surface area contributed by atoms with Crippen LogP contribution >= 0.6 is 11.6 Å². The number of imide groups is 1. The van der Waals surface area contributed by atoms with Gasteiger partial charge in [0.05, 0.1) is 46.6 Å². The van der Waals surface area contributed by atoms with Gasteiger partial charge in [-0.3, -0.25) is 14.5 Å². The topological polar surface area (TPSA) is 126 Å². The lowest BCUT2D eigenvalue weighted by molar-refractivity contribution is -0.243. The number of piperidine rings is 2. The number of carbonyl (C=O) groups excluding carboxylic acids is 3. The van der Waals surface area contributed by atoms with E-state index in [1.165, 1.54) is 11.2 Å².